The van der Waals surface area contributed by atoms with E-state index in [1.165, 1.54) is 0 Å². The van der Waals surface area contributed by atoms with Gasteiger partial charge in [0.25, 0.3) is 5.91 Å². The Morgan fingerprint density at radius 2 is 1.96 bits per heavy atom. The van der Waals surface area contributed by atoms with Crippen LogP contribution in [0.1, 0.15) is 34.9 Å². The summed E-state index contributed by atoms with van der Waals surface area (Å²) in [5.41, 5.74) is 2.79. The molecular weight excluding hydrogens is 366 g/mol. The molecule has 1 N–H and O–H groups in total. The number of rotatable bonds is 2. The van der Waals surface area contributed by atoms with Crippen LogP contribution in [0, 0.1) is 0 Å². The SMILES string of the molecule is O=C(c1ccc(Br)cc1)N1CCC[C@@H](c2nc3ccccc3[nH]2)C1. The van der Waals surface area contributed by atoms with Crippen LogP contribution < -0.4 is 0 Å². The minimum absolute atomic E-state index is 0.100. The molecule has 2 heterocycles. The number of hydrogen-bond donors (Lipinski definition) is 1. The molecule has 4 nitrogen and oxygen atoms in total. The van der Waals surface area contributed by atoms with Gasteiger partial charge in [0.05, 0.1) is 11.0 Å². The summed E-state index contributed by atoms with van der Waals surface area (Å²) in [6.45, 7) is 1.53. The monoisotopic (exact) mass is 383 g/mol. The van der Waals surface area contributed by atoms with E-state index in [1.54, 1.807) is 0 Å². The van der Waals surface area contributed by atoms with Gasteiger partial charge in [0.15, 0.2) is 0 Å². The van der Waals surface area contributed by atoms with Crippen LogP contribution >= 0.6 is 15.9 Å². The third-order valence-electron chi connectivity index (χ3n) is 4.59. The van der Waals surface area contributed by atoms with Gasteiger partial charge in [-0.2, -0.15) is 0 Å². The Morgan fingerprint density at radius 1 is 1.17 bits per heavy atom. The molecule has 5 heteroatoms. The van der Waals surface area contributed by atoms with Crippen molar-refractivity contribution in [1.82, 2.24) is 14.9 Å². The molecule has 0 saturated carbocycles. The number of H-pyrrole nitrogens is 1. The van der Waals surface area contributed by atoms with Crippen molar-refractivity contribution < 1.29 is 4.79 Å². The zero-order chi connectivity index (χ0) is 16.5. The number of hydrogen-bond acceptors (Lipinski definition) is 2. The Balaban J connectivity index is 1.54. The summed E-state index contributed by atoms with van der Waals surface area (Å²) in [6, 6.07) is 15.6. The van der Waals surface area contributed by atoms with E-state index in [0.717, 1.165) is 46.3 Å². The smallest absolute Gasteiger partial charge is 0.253 e. The third kappa shape index (κ3) is 2.96. The van der Waals surface area contributed by atoms with Gasteiger partial charge in [0.1, 0.15) is 5.82 Å². The lowest BCUT2D eigenvalue weighted by atomic mass is 9.96. The van der Waals surface area contributed by atoms with Gasteiger partial charge >= 0.3 is 0 Å². The molecule has 0 spiro atoms. The Hall–Kier alpha value is -2.14. The number of likely N-dealkylation sites (tertiary alicyclic amines) is 1. The summed E-state index contributed by atoms with van der Waals surface area (Å²) in [6.07, 6.45) is 2.06. The lowest BCUT2D eigenvalue weighted by Crippen LogP contribution is -2.39. The number of halogens is 1. The van der Waals surface area contributed by atoms with Crippen molar-refractivity contribution >= 4 is 32.9 Å². The fourth-order valence-electron chi connectivity index (χ4n) is 3.33. The Bertz CT molecular complexity index is 839. The lowest BCUT2D eigenvalue weighted by molar-refractivity contribution is 0.0705. The van der Waals surface area contributed by atoms with Gasteiger partial charge in [-0.25, -0.2) is 4.98 Å². The molecule has 0 aliphatic carbocycles. The summed E-state index contributed by atoms with van der Waals surface area (Å²) in [5, 5.41) is 0. The summed E-state index contributed by atoms with van der Waals surface area (Å²) in [4.78, 5) is 22.8. The number of aromatic nitrogens is 2. The molecule has 1 fully saturated rings. The van der Waals surface area contributed by atoms with E-state index in [0.29, 0.717) is 6.54 Å². The van der Waals surface area contributed by atoms with Crippen molar-refractivity contribution in [3.05, 3.63) is 64.4 Å². The number of carbonyl (C=O) groups is 1. The molecule has 0 bridgehead atoms. The first-order valence-corrected chi connectivity index (χ1v) is 8.99. The maximum absolute atomic E-state index is 12.7. The Morgan fingerprint density at radius 3 is 2.75 bits per heavy atom. The van der Waals surface area contributed by atoms with E-state index in [1.807, 2.05) is 53.4 Å². The van der Waals surface area contributed by atoms with Gasteiger partial charge in [0.2, 0.25) is 0 Å². The third-order valence-corrected chi connectivity index (χ3v) is 5.12. The highest BCUT2D eigenvalue weighted by Gasteiger charge is 2.27. The number of amides is 1. The first-order chi connectivity index (χ1) is 11.7. The van der Waals surface area contributed by atoms with E-state index in [9.17, 15) is 4.79 Å². The molecule has 1 aliphatic heterocycles. The van der Waals surface area contributed by atoms with E-state index in [2.05, 4.69) is 20.9 Å². The second kappa shape index (κ2) is 6.40. The van der Waals surface area contributed by atoms with Crippen molar-refractivity contribution in [3.8, 4) is 0 Å². The number of imidazole rings is 1. The molecule has 3 aromatic rings. The number of nitrogens with zero attached hydrogens (tertiary/aromatic N) is 2. The summed E-state index contributed by atoms with van der Waals surface area (Å²) >= 11 is 3.41. The van der Waals surface area contributed by atoms with E-state index in [-0.39, 0.29) is 11.8 Å². The number of benzene rings is 2. The molecule has 4 rings (SSSR count). The standard InChI is InChI=1S/C19H18BrN3O/c20-15-9-7-13(8-10-15)19(24)23-11-3-4-14(12-23)18-21-16-5-1-2-6-17(16)22-18/h1-2,5-10,14H,3-4,11-12H2,(H,21,22)/t14-/m1/s1. The lowest BCUT2D eigenvalue weighted by Gasteiger charge is -2.32. The van der Waals surface area contributed by atoms with Gasteiger partial charge in [-0.05, 0) is 49.2 Å². The molecule has 122 valence electrons. The molecule has 1 saturated heterocycles. The van der Waals surface area contributed by atoms with Crippen LogP contribution in [0.25, 0.3) is 11.0 Å². The van der Waals surface area contributed by atoms with Crippen molar-refractivity contribution in [3.63, 3.8) is 0 Å². The quantitative estimate of drug-likeness (QED) is 0.715. The number of para-hydroxylation sites is 2. The van der Waals surface area contributed by atoms with Crippen LogP contribution in [-0.4, -0.2) is 33.9 Å². The van der Waals surface area contributed by atoms with Crippen LogP contribution in [0.2, 0.25) is 0 Å². The van der Waals surface area contributed by atoms with Crippen LogP contribution in [0.4, 0.5) is 0 Å². The molecule has 0 unspecified atom stereocenters. The second-order valence-corrected chi connectivity index (χ2v) is 7.15. The molecule has 1 atom stereocenters. The Labute approximate surface area is 149 Å². The van der Waals surface area contributed by atoms with Crippen molar-refractivity contribution in [2.24, 2.45) is 0 Å². The van der Waals surface area contributed by atoms with Gasteiger partial charge in [-0.1, -0.05) is 28.1 Å². The van der Waals surface area contributed by atoms with E-state index < -0.39 is 0 Å². The summed E-state index contributed by atoms with van der Waals surface area (Å²) in [7, 11) is 0. The molecule has 1 aromatic heterocycles. The highest BCUT2D eigenvalue weighted by atomic mass is 79.9. The second-order valence-electron chi connectivity index (χ2n) is 6.24. The van der Waals surface area contributed by atoms with Crippen LogP contribution in [0.3, 0.4) is 0 Å². The predicted octanol–water partition coefficient (Wildman–Crippen LogP) is 4.35. The highest BCUT2D eigenvalue weighted by Crippen LogP contribution is 2.27. The fraction of sp³-hybridized carbons (Fsp3) is 0.263. The van der Waals surface area contributed by atoms with Gasteiger partial charge < -0.3 is 9.88 Å². The van der Waals surface area contributed by atoms with E-state index in [4.69, 9.17) is 4.98 Å². The van der Waals surface area contributed by atoms with E-state index >= 15 is 0 Å². The van der Waals surface area contributed by atoms with Crippen molar-refractivity contribution in [2.45, 2.75) is 18.8 Å². The number of piperidine rings is 1. The average molecular weight is 384 g/mol. The number of aromatic amines is 1. The minimum atomic E-state index is 0.100. The fourth-order valence-corrected chi connectivity index (χ4v) is 3.59. The maximum Gasteiger partial charge on any atom is 0.253 e. The number of carbonyl (C=O) groups excluding carboxylic acids is 1. The first kappa shape index (κ1) is 15.4. The van der Waals surface area contributed by atoms with Crippen LogP contribution in [-0.2, 0) is 0 Å². The first-order valence-electron chi connectivity index (χ1n) is 8.20. The topological polar surface area (TPSA) is 49.0 Å². The van der Waals surface area contributed by atoms with Crippen molar-refractivity contribution in [2.75, 3.05) is 13.1 Å². The zero-order valence-electron chi connectivity index (χ0n) is 13.2. The minimum Gasteiger partial charge on any atom is -0.342 e. The van der Waals surface area contributed by atoms with Crippen LogP contribution in [0.5, 0.6) is 0 Å². The number of nitrogens with one attached hydrogen (secondary N) is 1. The maximum atomic E-state index is 12.7. The normalized spacial score (nSPS) is 18.0. The molecule has 0 radical (unpaired) electrons. The molecule has 2 aromatic carbocycles. The van der Waals surface area contributed by atoms with Crippen LogP contribution in [0.15, 0.2) is 53.0 Å². The zero-order valence-corrected chi connectivity index (χ0v) is 14.8. The van der Waals surface area contributed by atoms with Gasteiger partial charge in [0, 0.05) is 29.0 Å². The molecule has 1 aliphatic rings. The largest absolute Gasteiger partial charge is 0.342 e. The molecular formula is C19H18BrN3O. The average Bonchev–Trinajstić information content (AvgIpc) is 3.06. The number of fused-ring (bicyclic) bond motifs is 1. The van der Waals surface area contributed by atoms with Gasteiger partial charge in [-0.3, -0.25) is 4.79 Å². The Kier molecular flexibility index (Phi) is 4.10. The van der Waals surface area contributed by atoms with Crippen molar-refractivity contribution in [1.29, 1.82) is 0 Å². The van der Waals surface area contributed by atoms with Gasteiger partial charge in [-0.15, -0.1) is 0 Å². The highest BCUT2D eigenvalue weighted by molar-refractivity contribution is 9.10. The summed E-state index contributed by atoms with van der Waals surface area (Å²) in [5.74, 6) is 1.36. The predicted molar refractivity (Wildman–Crippen MR) is 98.1 cm³/mol. The molecule has 24 heavy (non-hydrogen) atoms. The summed E-state index contributed by atoms with van der Waals surface area (Å²) < 4.78 is 0.984. The molecule has 1 amide bonds.